The monoisotopic (exact) mass is 253 g/mol. The standard InChI is InChI=1S/C9H11ClF3N3/c10-8-5-6(2-4-15-8)7(16-14)1-3-9(11,12)13/h2,4-5,7,16H,1,3,14H2. The first-order valence-corrected chi connectivity index (χ1v) is 4.94. The van der Waals surface area contributed by atoms with E-state index >= 15 is 0 Å². The fourth-order valence-electron chi connectivity index (χ4n) is 1.29. The van der Waals surface area contributed by atoms with Gasteiger partial charge in [0.15, 0.2) is 0 Å². The van der Waals surface area contributed by atoms with Crippen LogP contribution in [0.3, 0.4) is 0 Å². The second-order valence-corrected chi connectivity index (χ2v) is 3.67. The predicted octanol–water partition coefficient (Wildman–Crippen LogP) is 2.58. The molecule has 0 aliphatic carbocycles. The lowest BCUT2D eigenvalue weighted by molar-refractivity contribution is -0.136. The summed E-state index contributed by atoms with van der Waals surface area (Å²) in [5, 5.41) is 0.227. The van der Waals surface area contributed by atoms with Crippen LogP contribution < -0.4 is 11.3 Å². The molecule has 0 aliphatic rings. The number of hydrogen-bond acceptors (Lipinski definition) is 3. The summed E-state index contributed by atoms with van der Waals surface area (Å²) in [4.78, 5) is 3.74. The molecule has 0 bridgehead atoms. The Kier molecular flexibility index (Phi) is 4.52. The molecule has 0 saturated heterocycles. The van der Waals surface area contributed by atoms with Gasteiger partial charge in [-0.1, -0.05) is 11.6 Å². The average Bonchev–Trinajstić information content (AvgIpc) is 2.17. The highest BCUT2D eigenvalue weighted by molar-refractivity contribution is 6.29. The van der Waals surface area contributed by atoms with E-state index in [2.05, 4.69) is 10.4 Å². The normalized spacial score (nSPS) is 13.8. The molecule has 1 rings (SSSR count). The summed E-state index contributed by atoms with van der Waals surface area (Å²) in [7, 11) is 0. The first kappa shape index (κ1) is 13.2. The Morgan fingerprint density at radius 2 is 2.19 bits per heavy atom. The van der Waals surface area contributed by atoms with Crippen molar-refractivity contribution in [3.8, 4) is 0 Å². The minimum atomic E-state index is -4.19. The summed E-state index contributed by atoms with van der Waals surface area (Å²) < 4.78 is 36.1. The van der Waals surface area contributed by atoms with Gasteiger partial charge in [-0.2, -0.15) is 13.2 Å². The molecule has 16 heavy (non-hydrogen) atoms. The predicted molar refractivity (Wildman–Crippen MR) is 54.6 cm³/mol. The SMILES string of the molecule is NNC(CCC(F)(F)F)c1ccnc(Cl)c1. The highest BCUT2D eigenvalue weighted by atomic mass is 35.5. The lowest BCUT2D eigenvalue weighted by Crippen LogP contribution is -2.29. The molecular formula is C9H11ClF3N3. The van der Waals surface area contributed by atoms with Crippen molar-refractivity contribution >= 4 is 11.6 Å². The molecule has 1 aromatic heterocycles. The molecular weight excluding hydrogens is 243 g/mol. The van der Waals surface area contributed by atoms with E-state index in [9.17, 15) is 13.2 Å². The van der Waals surface area contributed by atoms with Gasteiger partial charge in [0.1, 0.15) is 5.15 Å². The van der Waals surface area contributed by atoms with Crippen LogP contribution in [0.4, 0.5) is 13.2 Å². The van der Waals surface area contributed by atoms with Crippen LogP contribution in [0.2, 0.25) is 5.15 Å². The van der Waals surface area contributed by atoms with Crippen LogP contribution in [0.5, 0.6) is 0 Å². The quantitative estimate of drug-likeness (QED) is 0.493. The van der Waals surface area contributed by atoms with Gasteiger partial charge in [-0.3, -0.25) is 11.3 Å². The van der Waals surface area contributed by atoms with Crippen molar-refractivity contribution in [3.63, 3.8) is 0 Å². The van der Waals surface area contributed by atoms with E-state index in [0.29, 0.717) is 5.56 Å². The van der Waals surface area contributed by atoms with Crippen molar-refractivity contribution < 1.29 is 13.2 Å². The molecule has 1 heterocycles. The number of nitrogens with zero attached hydrogens (tertiary/aromatic N) is 1. The van der Waals surface area contributed by atoms with E-state index in [4.69, 9.17) is 17.4 Å². The van der Waals surface area contributed by atoms with Crippen LogP contribution in [0.15, 0.2) is 18.3 Å². The number of alkyl halides is 3. The highest BCUT2D eigenvalue weighted by Crippen LogP contribution is 2.27. The Bertz CT molecular complexity index is 343. The molecule has 1 atom stereocenters. The Labute approximate surface area is 95.8 Å². The first-order chi connectivity index (χ1) is 7.42. The molecule has 0 saturated carbocycles. The van der Waals surface area contributed by atoms with Crippen LogP contribution in [0.1, 0.15) is 24.4 Å². The Morgan fingerprint density at radius 1 is 1.50 bits per heavy atom. The van der Waals surface area contributed by atoms with Gasteiger partial charge in [0.05, 0.1) is 0 Å². The third-order valence-electron chi connectivity index (χ3n) is 2.07. The van der Waals surface area contributed by atoms with E-state index in [1.54, 1.807) is 6.07 Å². The summed E-state index contributed by atoms with van der Waals surface area (Å²) >= 11 is 5.63. The van der Waals surface area contributed by atoms with E-state index < -0.39 is 18.6 Å². The highest BCUT2D eigenvalue weighted by Gasteiger charge is 2.28. The van der Waals surface area contributed by atoms with Gasteiger partial charge >= 0.3 is 6.18 Å². The van der Waals surface area contributed by atoms with Crippen LogP contribution in [0, 0.1) is 0 Å². The minimum absolute atomic E-state index is 0.139. The first-order valence-electron chi connectivity index (χ1n) is 4.56. The van der Waals surface area contributed by atoms with Gasteiger partial charge in [0.2, 0.25) is 0 Å². The van der Waals surface area contributed by atoms with Crippen LogP contribution in [-0.4, -0.2) is 11.2 Å². The molecule has 7 heteroatoms. The number of pyridine rings is 1. The summed E-state index contributed by atoms with van der Waals surface area (Å²) in [6.07, 6.45) is -3.80. The Hall–Kier alpha value is -0.850. The summed E-state index contributed by atoms with van der Waals surface area (Å²) in [5.41, 5.74) is 2.92. The van der Waals surface area contributed by atoms with Gasteiger partial charge in [-0.25, -0.2) is 4.98 Å². The molecule has 1 aromatic rings. The van der Waals surface area contributed by atoms with Gasteiger partial charge in [0, 0.05) is 18.7 Å². The minimum Gasteiger partial charge on any atom is -0.271 e. The van der Waals surface area contributed by atoms with Crippen LogP contribution in [-0.2, 0) is 0 Å². The van der Waals surface area contributed by atoms with Crippen molar-refractivity contribution in [2.75, 3.05) is 0 Å². The molecule has 3 N–H and O–H groups in total. The van der Waals surface area contributed by atoms with Crippen LogP contribution >= 0.6 is 11.6 Å². The molecule has 0 aromatic carbocycles. The van der Waals surface area contributed by atoms with E-state index in [1.807, 2.05) is 0 Å². The van der Waals surface area contributed by atoms with E-state index in [-0.39, 0.29) is 11.6 Å². The smallest absolute Gasteiger partial charge is 0.271 e. The van der Waals surface area contributed by atoms with Gasteiger partial charge in [0.25, 0.3) is 0 Å². The molecule has 0 fully saturated rings. The maximum absolute atomic E-state index is 12.0. The zero-order valence-corrected chi connectivity index (χ0v) is 9.02. The van der Waals surface area contributed by atoms with E-state index in [0.717, 1.165) is 0 Å². The molecule has 0 radical (unpaired) electrons. The average molecular weight is 254 g/mol. The fourth-order valence-corrected chi connectivity index (χ4v) is 1.47. The summed E-state index contributed by atoms with van der Waals surface area (Å²) in [6, 6.07) is 2.48. The number of nitrogens with one attached hydrogen (secondary N) is 1. The lowest BCUT2D eigenvalue weighted by atomic mass is 10.0. The maximum atomic E-state index is 12.0. The number of hydrogen-bond donors (Lipinski definition) is 2. The number of halogens is 4. The molecule has 0 aliphatic heterocycles. The zero-order chi connectivity index (χ0) is 12.2. The number of aromatic nitrogens is 1. The molecule has 90 valence electrons. The van der Waals surface area contributed by atoms with E-state index in [1.165, 1.54) is 12.3 Å². The van der Waals surface area contributed by atoms with Crippen LogP contribution in [0.25, 0.3) is 0 Å². The number of nitrogens with two attached hydrogens (primary N) is 1. The lowest BCUT2D eigenvalue weighted by Gasteiger charge is -2.17. The third kappa shape index (κ3) is 4.34. The topological polar surface area (TPSA) is 50.9 Å². The molecule has 0 spiro atoms. The van der Waals surface area contributed by atoms with Crippen molar-refractivity contribution in [2.24, 2.45) is 5.84 Å². The van der Waals surface area contributed by atoms with Gasteiger partial charge in [-0.05, 0) is 24.1 Å². The Balaban J connectivity index is 2.68. The molecule has 3 nitrogen and oxygen atoms in total. The maximum Gasteiger partial charge on any atom is 0.389 e. The second kappa shape index (κ2) is 5.47. The zero-order valence-electron chi connectivity index (χ0n) is 8.26. The van der Waals surface area contributed by atoms with Gasteiger partial charge in [-0.15, -0.1) is 0 Å². The van der Waals surface area contributed by atoms with Gasteiger partial charge < -0.3 is 0 Å². The fraction of sp³-hybridized carbons (Fsp3) is 0.444. The number of rotatable bonds is 4. The van der Waals surface area contributed by atoms with Crippen molar-refractivity contribution in [1.82, 2.24) is 10.4 Å². The summed E-state index contributed by atoms with van der Waals surface area (Å²) in [6.45, 7) is 0. The van der Waals surface area contributed by atoms with Crippen molar-refractivity contribution in [1.29, 1.82) is 0 Å². The number of hydrazine groups is 1. The second-order valence-electron chi connectivity index (χ2n) is 3.29. The Morgan fingerprint density at radius 3 is 2.69 bits per heavy atom. The third-order valence-corrected chi connectivity index (χ3v) is 2.28. The van der Waals surface area contributed by atoms with Crippen molar-refractivity contribution in [3.05, 3.63) is 29.0 Å². The molecule has 1 unspecified atom stereocenters. The largest absolute Gasteiger partial charge is 0.389 e. The van der Waals surface area contributed by atoms with Crippen molar-refractivity contribution in [2.45, 2.75) is 25.1 Å². The summed E-state index contributed by atoms with van der Waals surface area (Å²) in [5.74, 6) is 5.20. The molecule has 0 amide bonds.